The van der Waals surface area contributed by atoms with E-state index in [1.807, 2.05) is 49.4 Å². The topological polar surface area (TPSA) is 86.2 Å². The molecular formula is C26H30N4O4S. The van der Waals surface area contributed by atoms with Crippen LogP contribution < -0.4 is 9.64 Å². The minimum atomic E-state index is -0.568. The maximum atomic E-state index is 12.0. The summed E-state index contributed by atoms with van der Waals surface area (Å²) in [5.74, 6) is 0.482. The molecule has 2 amide bonds. The van der Waals surface area contributed by atoms with Crippen LogP contribution in [0.15, 0.2) is 42.5 Å². The molecule has 2 aromatic carbocycles. The van der Waals surface area contributed by atoms with E-state index in [4.69, 9.17) is 4.74 Å². The zero-order chi connectivity index (χ0) is 24.4. The second-order valence-electron chi connectivity index (χ2n) is 9.20. The second-order valence-corrected chi connectivity index (χ2v) is 10.4. The van der Waals surface area contributed by atoms with Crippen molar-refractivity contribution < 1.29 is 19.4 Å². The predicted molar refractivity (Wildman–Crippen MR) is 136 cm³/mol. The molecule has 8 nitrogen and oxygen atoms in total. The van der Waals surface area contributed by atoms with Crippen LogP contribution >= 0.6 is 11.3 Å². The first-order valence-electron chi connectivity index (χ1n) is 12.0. The monoisotopic (exact) mass is 494 g/mol. The summed E-state index contributed by atoms with van der Waals surface area (Å²) in [5.41, 5.74) is 2.68. The van der Waals surface area contributed by atoms with Crippen molar-refractivity contribution in [3.63, 3.8) is 0 Å². The number of thiazole rings is 1. The van der Waals surface area contributed by atoms with Gasteiger partial charge >= 0.3 is 0 Å². The zero-order valence-corrected chi connectivity index (χ0v) is 20.7. The average Bonchev–Trinajstić information content (AvgIpc) is 3.38. The lowest BCUT2D eigenvalue weighted by Gasteiger charge is -2.35. The maximum Gasteiger partial charge on any atom is 0.234 e. The summed E-state index contributed by atoms with van der Waals surface area (Å²) in [6, 6.07) is 13.6. The van der Waals surface area contributed by atoms with Gasteiger partial charge < -0.3 is 9.84 Å². The van der Waals surface area contributed by atoms with E-state index in [1.165, 1.54) is 4.90 Å². The Labute approximate surface area is 208 Å². The van der Waals surface area contributed by atoms with Crippen molar-refractivity contribution >= 4 is 39.1 Å². The van der Waals surface area contributed by atoms with Gasteiger partial charge in [-0.2, -0.15) is 0 Å². The fourth-order valence-corrected chi connectivity index (χ4v) is 5.51. The van der Waals surface area contributed by atoms with Crippen LogP contribution in [-0.4, -0.2) is 77.1 Å². The maximum absolute atomic E-state index is 12.0. The number of benzene rings is 2. The summed E-state index contributed by atoms with van der Waals surface area (Å²) in [6.07, 6.45) is 0.0206. The van der Waals surface area contributed by atoms with Gasteiger partial charge in [0.1, 0.15) is 18.5 Å². The van der Waals surface area contributed by atoms with Gasteiger partial charge in [-0.1, -0.05) is 12.1 Å². The molecule has 0 saturated carbocycles. The Kier molecular flexibility index (Phi) is 7.10. The standard InChI is InChI=1S/C26H30N4O4S/c1-18-27-23-14-22(5-6-24(23)35-18)34-17-21(31)16-29-11-9-28(10-12-29)15-19-3-2-4-20(13-19)30-25(32)7-8-26(30)33/h2-6,13-14,21,31H,7-12,15-17H2,1H3/t21-/m1/s1. The molecule has 0 radical (unpaired) electrons. The van der Waals surface area contributed by atoms with E-state index in [0.29, 0.717) is 25.1 Å². The SMILES string of the molecule is Cc1nc2cc(OC[C@H](O)CN3CCN(Cc4cccc(N5C(=O)CCC5=O)c4)CC3)ccc2s1. The number of ether oxygens (including phenoxy) is 1. The van der Waals surface area contributed by atoms with Gasteiger partial charge in [0.05, 0.1) is 20.9 Å². The fraction of sp³-hybridized carbons (Fsp3) is 0.423. The number of nitrogens with zero attached hydrogens (tertiary/aromatic N) is 4. The Morgan fingerprint density at radius 1 is 1.03 bits per heavy atom. The van der Waals surface area contributed by atoms with E-state index in [0.717, 1.165) is 59.3 Å². The predicted octanol–water partition coefficient (Wildman–Crippen LogP) is 2.82. The first kappa shape index (κ1) is 23.9. The van der Waals surface area contributed by atoms with E-state index < -0.39 is 6.10 Å². The van der Waals surface area contributed by atoms with Gasteiger partial charge in [0.2, 0.25) is 11.8 Å². The molecule has 2 aliphatic heterocycles. The molecule has 2 aliphatic rings. The number of aliphatic hydroxyl groups excluding tert-OH is 1. The number of aryl methyl sites for hydroxylation is 1. The summed E-state index contributed by atoms with van der Waals surface area (Å²) < 4.78 is 6.96. The molecule has 0 bridgehead atoms. The number of carbonyl (C=O) groups excluding carboxylic acids is 2. The number of aliphatic hydroxyl groups is 1. The minimum Gasteiger partial charge on any atom is -0.491 e. The van der Waals surface area contributed by atoms with Crippen molar-refractivity contribution in [2.24, 2.45) is 0 Å². The lowest BCUT2D eigenvalue weighted by molar-refractivity contribution is -0.121. The third kappa shape index (κ3) is 5.70. The van der Waals surface area contributed by atoms with Gasteiger partial charge in [-0.05, 0) is 36.8 Å². The van der Waals surface area contributed by atoms with Crippen molar-refractivity contribution in [1.82, 2.24) is 14.8 Å². The number of anilines is 1. The van der Waals surface area contributed by atoms with E-state index in [9.17, 15) is 14.7 Å². The van der Waals surface area contributed by atoms with Gasteiger partial charge in [-0.25, -0.2) is 4.98 Å². The highest BCUT2D eigenvalue weighted by Gasteiger charge is 2.30. The van der Waals surface area contributed by atoms with Crippen molar-refractivity contribution in [2.75, 3.05) is 44.2 Å². The molecule has 2 saturated heterocycles. The molecule has 3 heterocycles. The molecule has 1 aromatic heterocycles. The van der Waals surface area contributed by atoms with E-state index >= 15 is 0 Å². The fourth-order valence-electron chi connectivity index (χ4n) is 4.70. The van der Waals surface area contributed by atoms with Crippen molar-refractivity contribution in [2.45, 2.75) is 32.4 Å². The number of aromatic nitrogens is 1. The van der Waals surface area contributed by atoms with Crippen LogP contribution in [0.1, 0.15) is 23.4 Å². The van der Waals surface area contributed by atoms with Crippen LogP contribution in [0.2, 0.25) is 0 Å². The Morgan fingerprint density at radius 2 is 1.77 bits per heavy atom. The smallest absolute Gasteiger partial charge is 0.234 e. The number of fused-ring (bicyclic) bond motifs is 1. The van der Waals surface area contributed by atoms with E-state index in [-0.39, 0.29) is 18.4 Å². The lowest BCUT2D eigenvalue weighted by atomic mass is 10.1. The number of rotatable bonds is 8. The number of hydrogen-bond donors (Lipinski definition) is 1. The summed E-state index contributed by atoms with van der Waals surface area (Å²) in [4.78, 5) is 34.5. The minimum absolute atomic E-state index is 0.123. The summed E-state index contributed by atoms with van der Waals surface area (Å²) in [5, 5.41) is 11.5. The molecule has 1 atom stereocenters. The summed E-state index contributed by atoms with van der Waals surface area (Å²) in [6.45, 7) is 7.08. The van der Waals surface area contributed by atoms with E-state index in [2.05, 4.69) is 14.8 Å². The molecule has 3 aromatic rings. The van der Waals surface area contributed by atoms with Gasteiger partial charge in [0, 0.05) is 58.2 Å². The molecule has 2 fully saturated rings. The molecule has 184 valence electrons. The first-order valence-corrected chi connectivity index (χ1v) is 12.8. The highest BCUT2D eigenvalue weighted by Crippen LogP contribution is 2.26. The number of amides is 2. The molecule has 0 spiro atoms. The van der Waals surface area contributed by atoms with Gasteiger partial charge in [0.25, 0.3) is 0 Å². The van der Waals surface area contributed by atoms with Gasteiger partial charge in [-0.3, -0.25) is 24.3 Å². The number of imide groups is 1. The largest absolute Gasteiger partial charge is 0.491 e. The molecule has 0 unspecified atom stereocenters. The van der Waals surface area contributed by atoms with Crippen molar-refractivity contribution in [3.8, 4) is 5.75 Å². The Hall–Kier alpha value is -2.85. The quantitative estimate of drug-likeness (QED) is 0.482. The molecule has 9 heteroatoms. The van der Waals surface area contributed by atoms with Crippen molar-refractivity contribution in [3.05, 3.63) is 53.0 Å². The van der Waals surface area contributed by atoms with Crippen LogP contribution in [0.3, 0.4) is 0 Å². The Morgan fingerprint density at radius 3 is 2.54 bits per heavy atom. The number of carbonyl (C=O) groups is 2. The van der Waals surface area contributed by atoms with Crippen LogP contribution in [0, 0.1) is 6.92 Å². The molecular weight excluding hydrogens is 464 g/mol. The Balaban J connectivity index is 1.07. The van der Waals surface area contributed by atoms with E-state index in [1.54, 1.807) is 11.3 Å². The summed E-state index contributed by atoms with van der Waals surface area (Å²) >= 11 is 1.66. The third-order valence-electron chi connectivity index (χ3n) is 6.47. The number of hydrogen-bond acceptors (Lipinski definition) is 8. The zero-order valence-electron chi connectivity index (χ0n) is 19.9. The Bertz CT molecular complexity index is 1210. The molecule has 35 heavy (non-hydrogen) atoms. The molecule has 0 aliphatic carbocycles. The number of β-amino-alcohol motifs (C(OH)–C–C–N with tert-alkyl or cyclic N) is 1. The van der Waals surface area contributed by atoms with Gasteiger partial charge in [-0.15, -0.1) is 11.3 Å². The van der Waals surface area contributed by atoms with Crippen LogP contribution in [0.4, 0.5) is 5.69 Å². The normalized spacial score (nSPS) is 18.5. The van der Waals surface area contributed by atoms with Crippen LogP contribution in [-0.2, 0) is 16.1 Å². The summed E-state index contributed by atoms with van der Waals surface area (Å²) in [7, 11) is 0. The third-order valence-corrected chi connectivity index (χ3v) is 7.42. The first-order chi connectivity index (χ1) is 16.9. The highest BCUT2D eigenvalue weighted by molar-refractivity contribution is 7.18. The average molecular weight is 495 g/mol. The number of piperazine rings is 1. The second kappa shape index (κ2) is 10.4. The van der Waals surface area contributed by atoms with Crippen LogP contribution in [0.5, 0.6) is 5.75 Å². The molecule has 1 N–H and O–H groups in total. The lowest BCUT2D eigenvalue weighted by Crippen LogP contribution is -2.48. The van der Waals surface area contributed by atoms with Crippen molar-refractivity contribution in [1.29, 1.82) is 0 Å². The van der Waals surface area contributed by atoms with Crippen LogP contribution in [0.25, 0.3) is 10.2 Å². The highest BCUT2D eigenvalue weighted by atomic mass is 32.1. The molecule has 5 rings (SSSR count). The van der Waals surface area contributed by atoms with Gasteiger partial charge in [0.15, 0.2) is 0 Å².